The summed E-state index contributed by atoms with van der Waals surface area (Å²) < 4.78 is 0. The molecule has 0 saturated heterocycles. The van der Waals surface area contributed by atoms with Crippen molar-refractivity contribution in [2.24, 2.45) is 11.8 Å². The van der Waals surface area contributed by atoms with Gasteiger partial charge in [-0.2, -0.15) is 0 Å². The van der Waals surface area contributed by atoms with E-state index in [1.165, 1.54) is 11.1 Å². The molecule has 58 valence electrons. The number of benzene rings is 1. The van der Waals surface area contributed by atoms with Gasteiger partial charge in [0.15, 0.2) is 0 Å². The summed E-state index contributed by atoms with van der Waals surface area (Å²) in [7, 11) is 0. The molecule has 0 spiro atoms. The molecule has 1 heteroatoms. The third kappa shape index (κ3) is 0.348. The van der Waals surface area contributed by atoms with Crippen LogP contribution in [-0.4, -0.2) is 5.78 Å². The maximum atomic E-state index is 11.4. The van der Waals surface area contributed by atoms with Gasteiger partial charge in [0.2, 0.25) is 0 Å². The van der Waals surface area contributed by atoms with Crippen LogP contribution in [0.15, 0.2) is 24.3 Å². The van der Waals surface area contributed by atoms with Gasteiger partial charge in [-0.25, -0.2) is 0 Å². The summed E-state index contributed by atoms with van der Waals surface area (Å²) in [4.78, 5) is 11.4. The number of Topliss-reactive ketones (excluding diaryl/α,β-unsaturated/α-hetero) is 1. The number of hydrogen-bond donors (Lipinski definition) is 0. The Labute approximate surface area is 70.4 Å². The van der Waals surface area contributed by atoms with Gasteiger partial charge in [-0.3, -0.25) is 4.79 Å². The van der Waals surface area contributed by atoms with Crippen LogP contribution in [0.2, 0.25) is 0 Å². The fraction of sp³-hybridized carbons (Fsp3) is 0.364. The SMILES string of the molecule is O=C1[C@H]2[C@H]3c4ccccc4[C@@H]1[C@@H]23. The Morgan fingerprint density at radius 3 is 2.58 bits per heavy atom. The lowest BCUT2D eigenvalue weighted by molar-refractivity contribution is -0.127. The van der Waals surface area contributed by atoms with Crippen molar-refractivity contribution in [3.05, 3.63) is 35.4 Å². The zero-order valence-corrected chi connectivity index (χ0v) is 6.53. The molecular weight excluding hydrogens is 148 g/mol. The third-order valence-electron chi connectivity index (χ3n) is 3.79. The van der Waals surface area contributed by atoms with Crippen molar-refractivity contribution in [3.8, 4) is 0 Å². The molecule has 0 heterocycles. The summed E-state index contributed by atoms with van der Waals surface area (Å²) in [6.45, 7) is 0. The van der Waals surface area contributed by atoms with Gasteiger partial charge in [-0.15, -0.1) is 0 Å². The molecular formula is C11H8O. The number of carbonyl (C=O) groups excluding carboxylic acids is 1. The van der Waals surface area contributed by atoms with E-state index in [2.05, 4.69) is 18.2 Å². The van der Waals surface area contributed by atoms with Gasteiger partial charge in [0, 0.05) is 11.8 Å². The summed E-state index contributed by atoms with van der Waals surface area (Å²) in [5, 5.41) is 0. The van der Waals surface area contributed by atoms with E-state index in [1.807, 2.05) is 6.07 Å². The molecule has 3 aliphatic rings. The first-order valence-corrected chi connectivity index (χ1v) is 4.52. The molecule has 1 aromatic rings. The van der Waals surface area contributed by atoms with E-state index in [9.17, 15) is 4.79 Å². The zero-order valence-electron chi connectivity index (χ0n) is 6.53. The number of hydrogen-bond acceptors (Lipinski definition) is 1. The molecule has 4 atom stereocenters. The Bertz CT molecular complexity index is 407. The van der Waals surface area contributed by atoms with Crippen molar-refractivity contribution in [1.29, 1.82) is 0 Å². The van der Waals surface area contributed by atoms with Crippen LogP contribution >= 0.6 is 0 Å². The summed E-state index contributed by atoms with van der Waals surface area (Å²) in [5.74, 6) is 2.65. The second-order valence-corrected chi connectivity index (χ2v) is 4.14. The van der Waals surface area contributed by atoms with Crippen LogP contribution in [0.25, 0.3) is 0 Å². The van der Waals surface area contributed by atoms with Gasteiger partial charge in [0.1, 0.15) is 5.78 Å². The van der Waals surface area contributed by atoms with E-state index in [1.54, 1.807) is 0 Å². The molecule has 0 bridgehead atoms. The largest absolute Gasteiger partial charge is 0.299 e. The molecule has 1 aromatic carbocycles. The summed E-state index contributed by atoms with van der Waals surface area (Å²) in [6, 6.07) is 8.45. The number of fused-ring (bicyclic) bond motifs is 4. The van der Waals surface area contributed by atoms with E-state index < -0.39 is 0 Å². The van der Waals surface area contributed by atoms with Crippen molar-refractivity contribution < 1.29 is 4.79 Å². The highest BCUT2D eigenvalue weighted by molar-refractivity contribution is 6.03. The monoisotopic (exact) mass is 156 g/mol. The predicted molar refractivity (Wildman–Crippen MR) is 43.9 cm³/mol. The molecule has 3 aliphatic carbocycles. The van der Waals surface area contributed by atoms with Crippen molar-refractivity contribution in [2.45, 2.75) is 11.8 Å². The molecule has 1 nitrogen and oxygen atoms in total. The summed E-state index contributed by atoms with van der Waals surface area (Å²) in [6.07, 6.45) is 0. The lowest BCUT2D eigenvalue weighted by Gasteiger charge is -2.24. The number of rotatable bonds is 0. The molecule has 0 unspecified atom stereocenters. The first-order chi connectivity index (χ1) is 5.89. The normalized spacial score (nSPS) is 44.8. The lowest BCUT2D eigenvalue weighted by atomic mass is 9.77. The highest BCUT2D eigenvalue weighted by Crippen LogP contribution is 2.76. The minimum atomic E-state index is 0.316. The van der Waals surface area contributed by atoms with Crippen molar-refractivity contribution in [3.63, 3.8) is 0 Å². The van der Waals surface area contributed by atoms with E-state index in [0.717, 1.165) is 5.92 Å². The zero-order chi connectivity index (χ0) is 7.87. The molecule has 0 N–H and O–H groups in total. The second kappa shape index (κ2) is 1.37. The molecule has 0 aliphatic heterocycles. The van der Waals surface area contributed by atoms with Gasteiger partial charge in [0.25, 0.3) is 0 Å². The Hall–Kier alpha value is -1.11. The highest BCUT2D eigenvalue weighted by atomic mass is 16.1. The minimum Gasteiger partial charge on any atom is -0.299 e. The molecule has 0 radical (unpaired) electrons. The Balaban J connectivity index is 2.05. The van der Waals surface area contributed by atoms with Crippen LogP contribution in [0.5, 0.6) is 0 Å². The van der Waals surface area contributed by atoms with Crippen LogP contribution in [0.1, 0.15) is 23.0 Å². The van der Waals surface area contributed by atoms with Crippen LogP contribution in [0.3, 0.4) is 0 Å². The quantitative estimate of drug-likeness (QED) is 0.558. The van der Waals surface area contributed by atoms with Crippen molar-refractivity contribution >= 4 is 5.78 Å². The Morgan fingerprint density at radius 1 is 1.00 bits per heavy atom. The average Bonchev–Trinajstić information content (AvgIpc) is 2.68. The first kappa shape index (κ1) is 5.52. The van der Waals surface area contributed by atoms with Crippen molar-refractivity contribution in [2.75, 3.05) is 0 Å². The number of carbonyl (C=O) groups is 1. The van der Waals surface area contributed by atoms with E-state index in [-0.39, 0.29) is 0 Å². The summed E-state index contributed by atoms with van der Waals surface area (Å²) in [5.41, 5.74) is 2.80. The smallest absolute Gasteiger partial charge is 0.144 e. The highest BCUT2D eigenvalue weighted by Gasteiger charge is 2.74. The average molecular weight is 156 g/mol. The number of ketones is 1. The standard InChI is InChI=1S/C11H8O/c12-11-8-6-4-2-1-3-5(6)7-9(8)10(7)11/h1-4,7-10H/t7-,8+,9-,10-/m0/s1. The van der Waals surface area contributed by atoms with E-state index >= 15 is 0 Å². The predicted octanol–water partition coefficient (Wildman–Crippen LogP) is 1.70. The Kier molecular flexibility index (Phi) is 0.630. The molecule has 0 amide bonds. The maximum Gasteiger partial charge on any atom is 0.144 e. The van der Waals surface area contributed by atoms with Crippen LogP contribution in [0.4, 0.5) is 0 Å². The lowest BCUT2D eigenvalue weighted by Crippen LogP contribution is -2.28. The minimum absolute atomic E-state index is 0.316. The van der Waals surface area contributed by atoms with Gasteiger partial charge in [0.05, 0.1) is 0 Å². The molecule has 2 saturated carbocycles. The second-order valence-electron chi connectivity index (χ2n) is 4.14. The third-order valence-corrected chi connectivity index (χ3v) is 3.79. The molecule has 2 fully saturated rings. The topological polar surface area (TPSA) is 17.1 Å². The first-order valence-electron chi connectivity index (χ1n) is 4.52. The van der Waals surface area contributed by atoms with Gasteiger partial charge in [-0.05, 0) is 23.0 Å². The van der Waals surface area contributed by atoms with Gasteiger partial charge < -0.3 is 0 Å². The summed E-state index contributed by atoms with van der Waals surface area (Å²) >= 11 is 0. The van der Waals surface area contributed by atoms with E-state index in [4.69, 9.17) is 0 Å². The fourth-order valence-electron chi connectivity index (χ4n) is 3.25. The fourth-order valence-corrected chi connectivity index (χ4v) is 3.25. The molecule has 12 heavy (non-hydrogen) atoms. The maximum absolute atomic E-state index is 11.4. The van der Waals surface area contributed by atoms with Gasteiger partial charge in [-0.1, -0.05) is 24.3 Å². The van der Waals surface area contributed by atoms with Crippen LogP contribution in [-0.2, 0) is 4.79 Å². The van der Waals surface area contributed by atoms with Gasteiger partial charge >= 0.3 is 0 Å². The Morgan fingerprint density at radius 2 is 1.75 bits per heavy atom. The van der Waals surface area contributed by atoms with Crippen molar-refractivity contribution in [1.82, 2.24) is 0 Å². The molecule has 4 rings (SSSR count). The van der Waals surface area contributed by atoms with E-state index in [0.29, 0.717) is 23.5 Å². The van der Waals surface area contributed by atoms with Crippen LogP contribution < -0.4 is 0 Å². The van der Waals surface area contributed by atoms with Crippen LogP contribution in [0, 0.1) is 11.8 Å². The molecule has 0 aromatic heterocycles.